The van der Waals surface area contributed by atoms with Gasteiger partial charge in [-0.15, -0.1) is 0 Å². The molecule has 1 saturated heterocycles. The minimum Gasteiger partial charge on any atom is -0.475 e. The van der Waals surface area contributed by atoms with Crippen molar-refractivity contribution in [2.24, 2.45) is 0 Å². The van der Waals surface area contributed by atoms with E-state index in [2.05, 4.69) is 15.3 Å². The summed E-state index contributed by atoms with van der Waals surface area (Å²) < 4.78 is 75.8. The number of hydrogen-bond donors (Lipinski definition) is 2. The molecule has 0 bridgehead atoms. The van der Waals surface area contributed by atoms with Crippen molar-refractivity contribution >= 4 is 17.3 Å². The summed E-state index contributed by atoms with van der Waals surface area (Å²) >= 11 is 0.973. The summed E-state index contributed by atoms with van der Waals surface area (Å²) in [6.07, 6.45) is -8.07. The Balaban J connectivity index is 0.000000321. The fraction of sp³-hybridized carbons (Fsp3) is 0.357. The number of carbonyl (C=O) groups is 1. The van der Waals surface area contributed by atoms with E-state index in [0.29, 0.717) is 19.0 Å². The number of nitrogens with one attached hydrogen (secondary N) is 1. The van der Waals surface area contributed by atoms with Gasteiger partial charge in [-0.1, -0.05) is 0 Å². The number of hydrogen-bond acceptors (Lipinski definition) is 6. The number of aromatic nitrogens is 2. The third-order valence-corrected chi connectivity index (χ3v) is 3.86. The predicted octanol–water partition coefficient (Wildman–Crippen LogP) is 3.21. The molecule has 2 aromatic rings. The highest BCUT2D eigenvalue weighted by Gasteiger charge is 2.38. The van der Waals surface area contributed by atoms with E-state index < -0.39 is 23.9 Å². The van der Waals surface area contributed by atoms with Gasteiger partial charge in [0.15, 0.2) is 5.82 Å². The highest BCUT2D eigenvalue weighted by molar-refractivity contribution is 7.08. The zero-order valence-corrected chi connectivity index (χ0v) is 14.0. The van der Waals surface area contributed by atoms with Crippen LogP contribution in [0.5, 0.6) is 5.88 Å². The van der Waals surface area contributed by atoms with Gasteiger partial charge in [0.25, 0.3) is 0 Å². The summed E-state index contributed by atoms with van der Waals surface area (Å²) in [5, 5.41) is 12.6. The lowest BCUT2D eigenvalue weighted by Gasteiger charge is -2.27. The molecule has 6 nitrogen and oxygen atoms in total. The molecule has 3 rings (SSSR count). The van der Waals surface area contributed by atoms with E-state index in [-0.39, 0.29) is 17.5 Å². The van der Waals surface area contributed by atoms with E-state index in [1.807, 2.05) is 0 Å². The molecule has 1 fully saturated rings. The van der Waals surface area contributed by atoms with Crippen molar-refractivity contribution in [3.63, 3.8) is 0 Å². The molecule has 13 heteroatoms. The highest BCUT2D eigenvalue weighted by Crippen LogP contribution is 2.38. The normalized spacial score (nSPS) is 14.7. The number of alkyl halides is 6. The van der Waals surface area contributed by atoms with Crippen LogP contribution in [0.2, 0.25) is 0 Å². The van der Waals surface area contributed by atoms with Crippen LogP contribution in [0.1, 0.15) is 5.56 Å². The van der Waals surface area contributed by atoms with Crippen molar-refractivity contribution in [1.82, 2.24) is 15.3 Å². The van der Waals surface area contributed by atoms with Crippen LogP contribution in [0, 0.1) is 0 Å². The van der Waals surface area contributed by atoms with Gasteiger partial charge in [0.05, 0.1) is 5.56 Å². The molecule has 0 spiro atoms. The van der Waals surface area contributed by atoms with Gasteiger partial charge in [-0.05, 0) is 0 Å². The van der Waals surface area contributed by atoms with Gasteiger partial charge in [0.1, 0.15) is 6.10 Å². The van der Waals surface area contributed by atoms with Gasteiger partial charge in [-0.2, -0.15) is 42.7 Å². The van der Waals surface area contributed by atoms with Crippen LogP contribution in [0.3, 0.4) is 0 Å². The molecule has 2 aromatic heterocycles. The second-order valence-corrected chi connectivity index (χ2v) is 5.86. The van der Waals surface area contributed by atoms with E-state index in [9.17, 15) is 26.3 Å². The molecular weight excluding hydrogens is 404 g/mol. The van der Waals surface area contributed by atoms with Crippen LogP contribution in [-0.2, 0) is 11.0 Å². The lowest BCUT2D eigenvalue weighted by atomic mass is 10.2. The Labute approximate surface area is 151 Å². The lowest BCUT2D eigenvalue weighted by molar-refractivity contribution is -0.192. The summed E-state index contributed by atoms with van der Waals surface area (Å²) in [5.74, 6) is -2.43. The molecule has 0 atom stereocenters. The zero-order chi connectivity index (χ0) is 20.2. The van der Waals surface area contributed by atoms with Crippen LogP contribution in [0.15, 0.2) is 23.0 Å². The van der Waals surface area contributed by atoms with Gasteiger partial charge in [-0.25, -0.2) is 9.78 Å². The maximum absolute atomic E-state index is 12.9. The Kier molecular flexibility index (Phi) is 6.26. The second-order valence-electron chi connectivity index (χ2n) is 5.12. The van der Waals surface area contributed by atoms with Crippen LogP contribution < -0.4 is 10.1 Å². The minimum absolute atomic E-state index is 0.0142. The predicted molar refractivity (Wildman–Crippen MR) is 81.3 cm³/mol. The smallest absolute Gasteiger partial charge is 0.475 e. The molecule has 0 amide bonds. The van der Waals surface area contributed by atoms with Crippen molar-refractivity contribution in [3.8, 4) is 17.3 Å². The van der Waals surface area contributed by atoms with E-state index in [4.69, 9.17) is 14.6 Å². The maximum Gasteiger partial charge on any atom is 0.490 e. The summed E-state index contributed by atoms with van der Waals surface area (Å²) in [5.41, 5.74) is -0.732. The Hall–Kier alpha value is -2.41. The summed E-state index contributed by atoms with van der Waals surface area (Å²) in [4.78, 5) is 16.9. The van der Waals surface area contributed by atoms with E-state index in [0.717, 1.165) is 16.7 Å². The zero-order valence-electron chi connectivity index (χ0n) is 13.1. The molecule has 0 saturated carbocycles. The number of halogens is 6. The first kappa shape index (κ1) is 20.9. The van der Waals surface area contributed by atoms with Crippen molar-refractivity contribution in [2.45, 2.75) is 18.5 Å². The first-order chi connectivity index (χ1) is 12.5. The number of carboxylic acid groups (broad SMARTS) is 1. The minimum atomic E-state index is -5.08. The van der Waals surface area contributed by atoms with Gasteiger partial charge in [0, 0.05) is 41.7 Å². The number of carboxylic acids is 1. The van der Waals surface area contributed by atoms with E-state index >= 15 is 0 Å². The van der Waals surface area contributed by atoms with E-state index in [1.54, 1.807) is 6.07 Å². The molecule has 2 N–H and O–H groups in total. The maximum atomic E-state index is 12.9. The van der Waals surface area contributed by atoms with Crippen LogP contribution in [-0.4, -0.2) is 46.4 Å². The third kappa shape index (κ3) is 5.79. The lowest BCUT2D eigenvalue weighted by Crippen LogP contribution is -2.50. The monoisotopic (exact) mass is 415 g/mol. The molecule has 0 radical (unpaired) electrons. The number of rotatable bonds is 3. The molecule has 0 aromatic carbocycles. The van der Waals surface area contributed by atoms with Gasteiger partial charge in [-0.3, -0.25) is 0 Å². The quantitative estimate of drug-likeness (QED) is 0.750. The Morgan fingerprint density at radius 3 is 2.33 bits per heavy atom. The molecule has 148 valence electrons. The average Bonchev–Trinajstić information content (AvgIpc) is 3.01. The molecular formula is C14H11F6N3O3S. The standard InChI is InChI=1S/C12H10F3N3OS.C2HF3O2/c13-12(14,15)9-6-20-5-8(9)11-17-2-1-10(18-11)19-7-3-16-4-7;3-2(4,5)1(6)7/h1-2,5-7,16H,3-4H2;(H,6,7). The van der Waals surface area contributed by atoms with Gasteiger partial charge in [0.2, 0.25) is 5.88 Å². The topological polar surface area (TPSA) is 84.3 Å². The molecule has 0 aliphatic carbocycles. The van der Waals surface area contributed by atoms with Crippen LogP contribution in [0.4, 0.5) is 26.3 Å². The average molecular weight is 415 g/mol. The SMILES string of the molecule is FC(F)(F)c1cscc1-c1nccc(OC2CNC2)n1.O=C(O)C(F)(F)F. The number of aliphatic carboxylic acids is 1. The molecule has 1 aliphatic heterocycles. The second kappa shape index (κ2) is 8.08. The summed E-state index contributed by atoms with van der Waals surface area (Å²) in [7, 11) is 0. The Bertz CT molecular complexity index is 789. The first-order valence-electron chi connectivity index (χ1n) is 7.12. The molecule has 0 unspecified atom stereocenters. The Morgan fingerprint density at radius 1 is 1.22 bits per heavy atom. The number of nitrogens with zero attached hydrogens (tertiary/aromatic N) is 2. The van der Waals surface area contributed by atoms with Crippen LogP contribution in [0.25, 0.3) is 11.4 Å². The van der Waals surface area contributed by atoms with Crippen molar-refractivity contribution < 1.29 is 41.0 Å². The fourth-order valence-electron chi connectivity index (χ4n) is 1.74. The van der Waals surface area contributed by atoms with Gasteiger partial charge < -0.3 is 15.2 Å². The largest absolute Gasteiger partial charge is 0.490 e. The van der Waals surface area contributed by atoms with Crippen molar-refractivity contribution in [2.75, 3.05) is 13.1 Å². The fourth-order valence-corrected chi connectivity index (χ4v) is 2.58. The third-order valence-electron chi connectivity index (χ3n) is 3.11. The van der Waals surface area contributed by atoms with Crippen molar-refractivity contribution in [1.29, 1.82) is 0 Å². The van der Waals surface area contributed by atoms with Crippen molar-refractivity contribution in [3.05, 3.63) is 28.6 Å². The van der Waals surface area contributed by atoms with Crippen LogP contribution >= 0.6 is 11.3 Å². The number of ether oxygens (including phenoxy) is 1. The molecule has 1 aliphatic rings. The number of thiophene rings is 1. The summed E-state index contributed by atoms with van der Waals surface area (Å²) in [6, 6.07) is 1.54. The molecule has 27 heavy (non-hydrogen) atoms. The van der Waals surface area contributed by atoms with Gasteiger partial charge >= 0.3 is 18.3 Å². The summed E-state index contributed by atoms with van der Waals surface area (Å²) in [6.45, 7) is 1.43. The Morgan fingerprint density at radius 2 is 1.85 bits per heavy atom. The molecule has 3 heterocycles. The first-order valence-corrected chi connectivity index (χ1v) is 8.07. The van der Waals surface area contributed by atoms with E-state index in [1.165, 1.54) is 11.6 Å². The highest BCUT2D eigenvalue weighted by atomic mass is 32.1.